The molecule has 0 aliphatic carbocycles. The van der Waals surface area contributed by atoms with E-state index < -0.39 is 0 Å². The highest BCUT2D eigenvalue weighted by molar-refractivity contribution is 6.31. The molecule has 5 aromatic rings. The standard InChI is InChI=1S/C25H15Cl2N3/c26-19-10-6-16(7-11-19)23-21-14-28-29-15-22(21)24(18-8-12-20(27)13-9-18)30-25(23)17-4-2-1-3-5-17/h1-15H. The molecule has 0 aliphatic rings. The van der Waals surface area contributed by atoms with Crippen molar-refractivity contribution in [2.45, 2.75) is 0 Å². The Morgan fingerprint density at radius 3 is 1.67 bits per heavy atom. The molecule has 5 rings (SSSR count). The molecule has 0 N–H and O–H groups in total. The molecule has 5 heteroatoms. The number of nitrogens with zero attached hydrogens (tertiary/aromatic N) is 3. The predicted molar refractivity (Wildman–Crippen MR) is 124 cm³/mol. The second kappa shape index (κ2) is 7.86. The van der Waals surface area contributed by atoms with Crippen LogP contribution in [0.4, 0.5) is 0 Å². The molecule has 0 amide bonds. The van der Waals surface area contributed by atoms with Crippen LogP contribution in [0.2, 0.25) is 10.0 Å². The van der Waals surface area contributed by atoms with Crippen LogP contribution in [0.5, 0.6) is 0 Å². The lowest BCUT2D eigenvalue weighted by atomic mass is 9.93. The molecule has 0 aliphatic heterocycles. The summed E-state index contributed by atoms with van der Waals surface area (Å²) < 4.78 is 0. The van der Waals surface area contributed by atoms with Crippen LogP contribution >= 0.6 is 23.2 Å². The number of aromatic nitrogens is 3. The smallest absolute Gasteiger partial charge is 0.0805 e. The van der Waals surface area contributed by atoms with Crippen LogP contribution in [-0.4, -0.2) is 15.2 Å². The molecule has 2 aromatic heterocycles. The summed E-state index contributed by atoms with van der Waals surface area (Å²) in [4.78, 5) is 5.13. The molecule has 0 saturated heterocycles. The van der Waals surface area contributed by atoms with Crippen molar-refractivity contribution in [3.05, 3.63) is 101 Å². The highest BCUT2D eigenvalue weighted by Crippen LogP contribution is 2.40. The van der Waals surface area contributed by atoms with E-state index in [2.05, 4.69) is 22.3 Å². The molecular formula is C25H15Cl2N3. The van der Waals surface area contributed by atoms with Crippen molar-refractivity contribution in [1.29, 1.82) is 0 Å². The molecule has 3 nitrogen and oxygen atoms in total. The van der Waals surface area contributed by atoms with Gasteiger partial charge in [-0.2, -0.15) is 10.2 Å². The van der Waals surface area contributed by atoms with Crippen molar-refractivity contribution in [3.63, 3.8) is 0 Å². The van der Waals surface area contributed by atoms with E-state index in [1.165, 1.54) is 0 Å². The fraction of sp³-hybridized carbons (Fsp3) is 0. The molecule has 0 radical (unpaired) electrons. The zero-order valence-corrected chi connectivity index (χ0v) is 17.3. The van der Waals surface area contributed by atoms with Gasteiger partial charge in [-0.05, 0) is 29.8 Å². The predicted octanol–water partition coefficient (Wildman–Crippen LogP) is 7.33. The van der Waals surface area contributed by atoms with Gasteiger partial charge in [-0.15, -0.1) is 0 Å². The topological polar surface area (TPSA) is 38.7 Å². The molecule has 0 saturated carbocycles. The van der Waals surface area contributed by atoms with Crippen molar-refractivity contribution in [3.8, 4) is 33.6 Å². The Morgan fingerprint density at radius 2 is 1.03 bits per heavy atom. The summed E-state index contributed by atoms with van der Waals surface area (Å²) in [7, 11) is 0. The van der Waals surface area contributed by atoms with E-state index in [1.54, 1.807) is 12.4 Å². The van der Waals surface area contributed by atoms with Gasteiger partial charge in [0.2, 0.25) is 0 Å². The third kappa shape index (κ3) is 3.43. The van der Waals surface area contributed by atoms with Gasteiger partial charge in [-0.1, -0.05) is 77.8 Å². The Morgan fingerprint density at radius 1 is 0.500 bits per heavy atom. The first kappa shape index (κ1) is 18.7. The highest BCUT2D eigenvalue weighted by atomic mass is 35.5. The van der Waals surface area contributed by atoms with Crippen LogP contribution < -0.4 is 0 Å². The molecule has 0 bridgehead atoms. The molecule has 3 aromatic carbocycles. The van der Waals surface area contributed by atoms with E-state index in [4.69, 9.17) is 28.2 Å². The minimum absolute atomic E-state index is 0.684. The van der Waals surface area contributed by atoms with Crippen LogP contribution in [-0.2, 0) is 0 Å². The van der Waals surface area contributed by atoms with Gasteiger partial charge in [0.05, 0.1) is 23.8 Å². The fourth-order valence-electron chi connectivity index (χ4n) is 3.61. The van der Waals surface area contributed by atoms with E-state index >= 15 is 0 Å². The lowest BCUT2D eigenvalue weighted by Crippen LogP contribution is -1.97. The van der Waals surface area contributed by atoms with Crippen molar-refractivity contribution < 1.29 is 0 Å². The lowest BCUT2D eigenvalue weighted by molar-refractivity contribution is 1.05. The monoisotopic (exact) mass is 427 g/mol. The van der Waals surface area contributed by atoms with Gasteiger partial charge in [0.25, 0.3) is 0 Å². The molecular weight excluding hydrogens is 413 g/mol. The zero-order valence-electron chi connectivity index (χ0n) is 15.8. The number of hydrogen-bond donors (Lipinski definition) is 0. The van der Waals surface area contributed by atoms with E-state index in [9.17, 15) is 0 Å². The minimum atomic E-state index is 0.684. The van der Waals surface area contributed by atoms with Crippen LogP contribution in [0.25, 0.3) is 44.4 Å². The number of pyridine rings is 1. The minimum Gasteiger partial charge on any atom is -0.246 e. The third-order valence-corrected chi connectivity index (χ3v) is 5.52. The van der Waals surface area contributed by atoms with Crippen LogP contribution in [0, 0.1) is 0 Å². The van der Waals surface area contributed by atoms with Gasteiger partial charge in [0.15, 0.2) is 0 Å². The number of fused-ring (bicyclic) bond motifs is 1. The molecule has 0 spiro atoms. The van der Waals surface area contributed by atoms with Gasteiger partial charge >= 0.3 is 0 Å². The molecule has 0 atom stereocenters. The van der Waals surface area contributed by atoms with Crippen molar-refractivity contribution >= 4 is 34.0 Å². The summed E-state index contributed by atoms with van der Waals surface area (Å²) in [5.74, 6) is 0. The summed E-state index contributed by atoms with van der Waals surface area (Å²) in [5, 5.41) is 11.6. The summed E-state index contributed by atoms with van der Waals surface area (Å²) in [6, 6.07) is 25.6. The van der Waals surface area contributed by atoms with Gasteiger partial charge < -0.3 is 0 Å². The average Bonchev–Trinajstić information content (AvgIpc) is 2.80. The van der Waals surface area contributed by atoms with E-state index in [0.29, 0.717) is 10.0 Å². The maximum absolute atomic E-state index is 6.14. The largest absolute Gasteiger partial charge is 0.246 e. The normalized spacial score (nSPS) is 11.0. The molecule has 2 heterocycles. The summed E-state index contributed by atoms with van der Waals surface area (Å²) >= 11 is 12.3. The zero-order chi connectivity index (χ0) is 20.5. The summed E-state index contributed by atoms with van der Waals surface area (Å²) in [5.41, 5.74) is 5.73. The second-order valence-electron chi connectivity index (χ2n) is 6.88. The van der Waals surface area contributed by atoms with Gasteiger partial charge in [0.1, 0.15) is 0 Å². The average molecular weight is 428 g/mol. The van der Waals surface area contributed by atoms with Crippen molar-refractivity contribution in [2.75, 3.05) is 0 Å². The lowest BCUT2D eigenvalue weighted by Gasteiger charge is -2.16. The number of benzene rings is 3. The summed E-state index contributed by atoms with van der Waals surface area (Å²) in [6.45, 7) is 0. The summed E-state index contributed by atoms with van der Waals surface area (Å²) in [6.07, 6.45) is 3.56. The quantitative estimate of drug-likeness (QED) is 0.302. The Kier molecular flexibility index (Phi) is 4.91. The van der Waals surface area contributed by atoms with Crippen molar-refractivity contribution in [2.24, 2.45) is 0 Å². The first-order valence-corrected chi connectivity index (χ1v) is 10.2. The fourth-order valence-corrected chi connectivity index (χ4v) is 3.86. The van der Waals surface area contributed by atoms with E-state index in [1.807, 2.05) is 66.7 Å². The van der Waals surface area contributed by atoms with Gasteiger partial charge in [-0.3, -0.25) is 0 Å². The van der Waals surface area contributed by atoms with Gasteiger partial charge in [0, 0.05) is 37.5 Å². The van der Waals surface area contributed by atoms with Crippen molar-refractivity contribution in [1.82, 2.24) is 15.2 Å². The Bertz CT molecular complexity index is 1330. The molecule has 30 heavy (non-hydrogen) atoms. The maximum Gasteiger partial charge on any atom is 0.0805 e. The van der Waals surface area contributed by atoms with Gasteiger partial charge in [-0.25, -0.2) is 4.98 Å². The van der Waals surface area contributed by atoms with E-state index in [0.717, 1.165) is 44.4 Å². The third-order valence-electron chi connectivity index (χ3n) is 5.01. The van der Waals surface area contributed by atoms with Crippen LogP contribution in [0.15, 0.2) is 91.3 Å². The Labute approximate surface area is 184 Å². The molecule has 144 valence electrons. The molecule has 0 fully saturated rings. The first-order valence-electron chi connectivity index (χ1n) is 9.42. The van der Waals surface area contributed by atoms with Crippen LogP contribution in [0.1, 0.15) is 0 Å². The second-order valence-corrected chi connectivity index (χ2v) is 7.75. The van der Waals surface area contributed by atoms with E-state index in [-0.39, 0.29) is 0 Å². The number of rotatable bonds is 3. The number of hydrogen-bond acceptors (Lipinski definition) is 3. The maximum atomic E-state index is 6.14. The van der Waals surface area contributed by atoms with Crippen LogP contribution in [0.3, 0.4) is 0 Å². The number of halogens is 2. The Hall–Kier alpha value is -3.27. The SMILES string of the molecule is Clc1ccc(-c2nc(-c3ccccc3)c(-c3ccc(Cl)cc3)c3cnncc23)cc1. The highest BCUT2D eigenvalue weighted by Gasteiger charge is 2.18. The Balaban J connectivity index is 1.89. The molecule has 0 unspecified atom stereocenters. The first-order chi connectivity index (χ1) is 14.7.